The third-order valence-corrected chi connectivity index (χ3v) is 6.33. The standard InChI is InChI=1S/C25H24F4N2O3/c1-23(2)13-24(33,25(27,28)29)21(16-11-12-17(26)20(34-3)19(16)23)31-22(32)30-18-10-6-8-14-7-4-5-9-15(14)18/h4-12,21,33H,13H2,1-3H3,(H2,30,31,32). The van der Waals surface area contributed by atoms with Gasteiger partial charge in [-0.25, -0.2) is 9.18 Å². The van der Waals surface area contributed by atoms with Gasteiger partial charge in [0.15, 0.2) is 17.2 Å². The molecule has 0 bridgehead atoms. The fourth-order valence-corrected chi connectivity index (χ4v) is 4.92. The first-order valence-electron chi connectivity index (χ1n) is 10.6. The van der Waals surface area contributed by atoms with Crippen LogP contribution in [0.4, 0.5) is 28.0 Å². The van der Waals surface area contributed by atoms with Crippen molar-refractivity contribution < 1.29 is 32.2 Å². The summed E-state index contributed by atoms with van der Waals surface area (Å²) in [4.78, 5) is 12.9. The number of urea groups is 1. The molecule has 9 heteroatoms. The highest BCUT2D eigenvalue weighted by Crippen LogP contribution is 2.55. The van der Waals surface area contributed by atoms with E-state index in [1.54, 1.807) is 24.3 Å². The first-order chi connectivity index (χ1) is 15.9. The molecule has 3 N–H and O–H groups in total. The van der Waals surface area contributed by atoms with Crippen LogP contribution in [0.1, 0.15) is 37.4 Å². The van der Waals surface area contributed by atoms with Crippen molar-refractivity contribution in [2.45, 2.75) is 43.5 Å². The summed E-state index contributed by atoms with van der Waals surface area (Å²) in [7, 11) is 1.22. The summed E-state index contributed by atoms with van der Waals surface area (Å²) in [5, 5.41) is 17.4. The Morgan fingerprint density at radius 2 is 1.76 bits per heavy atom. The summed E-state index contributed by atoms with van der Waals surface area (Å²) >= 11 is 0. The molecule has 34 heavy (non-hydrogen) atoms. The van der Waals surface area contributed by atoms with E-state index in [4.69, 9.17) is 4.74 Å². The molecule has 4 rings (SSSR count). The predicted octanol–water partition coefficient (Wildman–Crippen LogP) is 5.83. The highest BCUT2D eigenvalue weighted by atomic mass is 19.4. The molecule has 2 atom stereocenters. The monoisotopic (exact) mass is 476 g/mol. The lowest BCUT2D eigenvalue weighted by Gasteiger charge is -2.48. The lowest BCUT2D eigenvalue weighted by molar-refractivity contribution is -0.280. The summed E-state index contributed by atoms with van der Waals surface area (Å²) in [5.74, 6) is -0.960. The zero-order valence-corrected chi connectivity index (χ0v) is 18.8. The van der Waals surface area contributed by atoms with Gasteiger partial charge < -0.3 is 20.5 Å². The normalized spacial score (nSPS) is 21.6. The third kappa shape index (κ3) is 3.83. The molecule has 0 radical (unpaired) electrons. The molecule has 3 aromatic rings. The molecule has 1 aliphatic carbocycles. The number of halogens is 4. The maximum atomic E-state index is 14.5. The number of carbonyl (C=O) groups is 1. The Hall–Kier alpha value is -3.33. The predicted molar refractivity (Wildman–Crippen MR) is 120 cm³/mol. The van der Waals surface area contributed by atoms with Crippen LogP contribution in [0.2, 0.25) is 0 Å². The molecule has 0 saturated carbocycles. The van der Waals surface area contributed by atoms with Crippen LogP contribution in [0.25, 0.3) is 10.8 Å². The third-order valence-electron chi connectivity index (χ3n) is 6.33. The molecule has 2 amide bonds. The number of ether oxygens (including phenoxy) is 1. The lowest BCUT2D eigenvalue weighted by Crippen LogP contribution is -2.61. The second kappa shape index (κ2) is 8.16. The number of fused-ring (bicyclic) bond motifs is 2. The van der Waals surface area contributed by atoms with Crippen molar-refractivity contribution in [3.63, 3.8) is 0 Å². The van der Waals surface area contributed by atoms with Gasteiger partial charge in [0.25, 0.3) is 0 Å². The molecule has 180 valence electrons. The van der Waals surface area contributed by atoms with Crippen molar-refractivity contribution in [2.24, 2.45) is 0 Å². The Bertz CT molecular complexity index is 1250. The van der Waals surface area contributed by atoms with E-state index in [2.05, 4.69) is 10.6 Å². The van der Waals surface area contributed by atoms with Gasteiger partial charge in [-0.1, -0.05) is 56.3 Å². The second-order valence-electron chi connectivity index (χ2n) is 9.09. The Morgan fingerprint density at radius 3 is 2.44 bits per heavy atom. The van der Waals surface area contributed by atoms with Crippen molar-refractivity contribution in [3.8, 4) is 5.75 Å². The average Bonchev–Trinajstić information content (AvgIpc) is 2.76. The fraction of sp³-hybridized carbons (Fsp3) is 0.320. The van der Waals surface area contributed by atoms with Gasteiger partial charge in [0.2, 0.25) is 0 Å². The number of nitrogens with one attached hydrogen (secondary N) is 2. The Morgan fingerprint density at radius 1 is 1.09 bits per heavy atom. The number of rotatable bonds is 3. The number of hydrogen-bond donors (Lipinski definition) is 3. The van der Waals surface area contributed by atoms with Crippen molar-refractivity contribution in [2.75, 3.05) is 12.4 Å². The maximum absolute atomic E-state index is 14.5. The van der Waals surface area contributed by atoms with Gasteiger partial charge in [-0.05, 0) is 34.9 Å². The van der Waals surface area contributed by atoms with Gasteiger partial charge in [-0.2, -0.15) is 13.2 Å². The summed E-state index contributed by atoms with van der Waals surface area (Å²) in [5.41, 5.74) is -4.12. The van der Waals surface area contributed by atoms with Crippen LogP contribution in [0.15, 0.2) is 54.6 Å². The molecular weight excluding hydrogens is 452 g/mol. The van der Waals surface area contributed by atoms with Gasteiger partial charge >= 0.3 is 12.2 Å². The van der Waals surface area contributed by atoms with Crippen LogP contribution in [0.5, 0.6) is 5.75 Å². The molecule has 0 spiro atoms. The highest BCUT2D eigenvalue weighted by molar-refractivity contribution is 6.01. The quantitative estimate of drug-likeness (QED) is 0.417. The number of alkyl halides is 3. The minimum absolute atomic E-state index is 0.0672. The zero-order valence-electron chi connectivity index (χ0n) is 18.8. The second-order valence-corrected chi connectivity index (χ2v) is 9.09. The van der Waals surface area contributed by atoms with E-state index in [-0.39, 0.29) is 16.9 Å². The van der Waals surface area contributed by atoms with Crippen LogP contribution < -0.4 is 15.4 Å². The van der Waals surface area contributed by atoms with Crippen LogP contribution in [0.3, 0.4) is 0 Å². The molecule has 0 heterocycles. The molecule has 0 aromatic heterocycles. The van der Waals surface area contributed by atoms with E-state index in [1.165, 1.54) is 21.0 Å². The molecule has 0 aliphatic heterocycles. The maximum Gasteiger partial charge on any atom is 0.419 e. The zero-order chi connectivity index (χ0) is 24.9. The number of amides is 2. The molecule has 2 unspecified atom stereocenters. The smallest absolute Gasteiger partial charge is 0.419 e. The molecule has 0 saturated heterocycles. The summed E-state index contributed by atoms with van der Waals surface area (Å²) in [6.45, 7) is 2.94. The molecular formula is C25H24F4N2O3. The number of hydrogen-bond acceptors (Lipinski definition) is 3. The Kier molecular flexibility index (Phi) is 5.72. The largest absolute Gasteiger partial charge is 0.493 e. The van der Waals surface area contributed by atoms with E-state index in [1.807, 2.05) is 18.2 Å². The first kappa shape index (κ1) is 23.8. The minimum Gasteiger partial charge on any atom is -0.493 e. The van der Waals surface area contributed by atoms with Crippen LogP contribution in [0, 0.1) is 5.82 Å². The summed E-state index contributed by atoms with van der Waals surface area (Å²) < 4.78 is 62.3. The van der Waals surface area contributed by atoms with Gasteiger partial charge in [0.05, 0.1) is 18.8 Å². The van der Waals surface area contributed by atoms with Crippen molar-refractivity contribution in [3.05, 3.63) is 71.5 Å². The van der Waals surface area contributed by atoms with Crippen LogP contribution in [-0.2, 0) is 5.41 Å². The van der Waals surface area contributed by atoms with E-state index < -0.39 is 41.5 Å². The van der Waals surface area contributed by atoms with E-state index >= 15 is 0 Å². The average molecular weight is 476 g/mol. The molecule has 1 aliphatic rings. The summed E-state index contributed by atoms with van der Waals surface area (Å²) in [6, 6.07) is 11.6. The van der Waals surface area contributed by atoms with Crippen LogP contribution >= 0.6 is 0 Å². The van der Waals surface area contributed by atoms with Crippen molar-refractivity contribution >= 4 is 22.5 Å². The Balaban J connectivity index is 1.78. The van der Waals surface area contributed by atoms with Gasteiger partial charge in [0.1, 0.15) is 0 Å². The number of benzene rings is 3. The Labute approximate surface area is 193 Å². The lowest BCUT2D eigenvalue weighted by atomic mass is 9.63. The van der Waals surface area contributed by atoms with Gasteiger partial charge in [0, 0.05) is 10.9 Å². The molecule has 0 fully saturated rings. The van der Waals surface area contributed by atoms with E-state index in [9.17, 15) is 27.5 Å². The minimum atomic E-state index is -5.08. The van der Waals surface area contributed by atoms with Crippen molar-refractivity contribution in [1.82, 2.24) is 5.32 Å². The van der Waals surface area contributed by atoms with Gasteiger partial charge in [-0.3, -0.25) is 0 Å². The number of anilines is 1. The van der Waals surface area contributed by atoms with Crippen molar-refractivity contribution in [1.29, 1.82) is 0 Å². The van der Waals surface area contributed by atoms with Crippen LogP contribution in [-0.4, -0.2) is 30.0 Å². The molecule has 3 aromatic carbocycles. The molecule has 5 nitrogen and oxygen atoms in total. The van der Waals surface area contributed by atoms with E-state index in [0.717, 1.165) is 17.5 Å². The number of carbonyl (C=O) groups excluding carboxylic acids is 1. The highest BCUT2D eigenvalue weighted by Gasteiger charge is 2.64. The first-order valence-corrected chi connectivity index (χ1v) is 10.6. The fourth-order valence-electron chi connectivity index (χ4n) is 4.92. The number of methoxy groups -OCH3 is 1. The van der Waals surface area contributed by atoms with Gasteiger partial charge in [-0.15, -0.1) is 0 Å². The topological polar surface area (TPSA) is 70.6 Å². The number of aliphatic hydroxyl groups is 1. The summed E-state index contributed by atoms with van der Waals surface area (Å²) in [6.07, 6.45) is -5.89. The SMILES string of the molecule is COc1c(F)ccc2c1C(C)(C)CC(O)(C(F)(F)F)C2NC(=O)Nc1cccc2ccccc12. The van der Waals surface area contributed by atoms with E-state index in [0.29, 0.717) is 11.1 Å².